The Labute approximate surface area is 117 Å². The molecule has 0 bridgehead atoms. The van der Waals surface area contributed by atoms with Crippen LogP contribution >= 0.6 is 15.9 Å². The van der Waals surface area contributed by atoms with Crippen LogP contribution in [-0.4, -0.2) is 23.3 Å². The van der Waals surface area contributed by atoms with Crippen molar-refractivity contribution in [2.75, 3.05) is 0 Å². The Hall–Kier alpha value is -0.425. The number of hydrogen-bond donors (Lipinski definition) is 1. The summed E-state index contributed by atoms with van der Waals surface area (Å²) in [5.74, 6) is -0.367. The number of halogens is 1. The zero-order valence-corrected chi connectivity index (χ0v) is 12.7. The van der Waals surface area contributed by atoms with E-state index in [4.69, 9.17) is 15.0 Å². The van der Waals surface area contributed by atoms with Crippen molar-refractivity contribution in [2.24, 2.45) is 5.73 Å². The van der Waals surface area contributed by atoms with Crippen molar-refractivity contribution in [3.8, 4) is 0 Å². The van der Waals surface area contributed by atoms with Crippen LogP contribution in [0.2, 0.25) is 0 Å². The summed E-state index contributed by atoms with van der Waals surface area (Å²) in [6.07, 6.45) is 1.71. The molecule has 0 aliphatic carbocycles. The molecule has 0 saturated carbocycles. The standard InChI is InChI=1S/C12H18BBrN2O2/c1-11(2)12(3,4)18-13(17-11)9(15)8-6-5-7-16-10(8)14/h5-7,9H,15H2,1-4H3/t9-/m0/s1. The lowest BCUT2D eigenvalue weighted by molar-refractivity contribution is 0.00578. The van der Waals surface area contributed by atoms with Gasteiger partial charge in [-0.3, -0.25) is 0 Å². The average molecular weight is 313 g/mol. The Bertz CT molecular complexity index is 437. The van der Waals surface area contributed by atoms with Crippen LogP contribution in [-0.2, 0) is 9.31 Å². The molecule has 0 aromatic carbocycles. The number of nitrogens with two attached hydrogens (primary N) is 1. The van der Waals surface area contributed by atoms with Gasteiger partial charge in [0, 0.05) is 6.20 Å². The molecule has 2 rings (SSSR count). The van der Waals surface area contributed by atoms with E-state index in [0.717, 1.165) is 10.2 Å². The monoisotopic (exact) mass is 312 g/mol. The molecule has 4 nitrogen and oxygen atoms in total. The van der Waals surface area contributed by atoms with E-state index in [9.17, 15) is 0 Å². The van der Waals surface area contributed by atoms with E-state index < -0.39 is 7.12 Å². The molecule has 0 spiro atoms. The van der Waals surface area contributed by atoms with E-state index in [1.54, 1.807) is 6.20 Å². The van der Waals surface area contributed by atoms with Gasteiger partial charge in [-0.2, -0.15) is 0 Å². The Morgan fingerprint density at radius 1 is 1.28 bits per heavy atom. The van der Waals surface area contributed by atoms with Gasteiger partial charge in [0.2, 0.25) is 0 Å². The third kappa shape index (κ3) is 2.34. The van der Waals surface area contributed by atoms with E-state index in [-0.39, 0.29) is 17.1 Å². The van der Waals surface area contributed by atoms with Crippen molar-refractivity contribution in [2.45, 2.75) is 44.8 Å². The summed E-state index contributed by atoms with van der Waals surface area (Å²) in [6.45, 7) is 8.05. The fraction of sp³-hybridized carbons (Fsp3) is 0.583. The van der Waals surface area contributed by atoms with Crippen molar-refractivity contribution in [3.05, 3.63) is 28.5 Å². The molecule has 1 aliphatic rings. The number of rotatable bonds is 2. The maximum absolute atomic E-state index is 6.22. The normalized spacial score (nSPS) is 23.1. The van der Waals surface area contributed by atoms with Crippen LogP contribution in [0.1, 0.15) is 39.2 Å². The minimum atomic E-state index is -0.463. The van der Waals surface area contributed by atoms with Gasteiger partial charge in [-0.25, -0.2) is 4.98 Å². The summed E-state index contributed by atoms with van der Waals surface area (Å²) in [5, 5.41) is 0. The van der Waals surface area contributed by atoms with Crippen LogP contribution in [0.4, 0.5) is 0 Å². The van der Waals surface area contributed by atoms with Gasteiger partial charge in [0.05, 0.1) is 17.1 Å². The summed E-state index contributed by atoms with van der Waals surface area (Å²) in [6, 6.07) is 3.78. The summed E-state index contributed by atoms with van der Waals surface area (Å²) >= 11 is 3.40. The zero-order chi connectivity index (χ0) is 13.6. The fourth-order valence-corrected chi connectivity index (χ4v) is 2.34. The van der Waals surface area contributed by atoms with E-state index in [1.165, 1.54) is 0 Å². The molecule has 2 heterocycles. The minimum Gasteiger partial charge on any atom is -0.402 e. The van der Waals surface area contributed by atoms with Gasteiger partial charge in [0.15, 0.2) is 0 Å². The molecule has 6 heteroatoms. The maximum Gasteiger partial charge on any atom is 0.480 e. The molecular weight excluding hydrogens is 295 g/mol. The summed E-state index contributed by atoms with van der Waals surface area (Å²) in [7, 11) is -0.463. The lowest BCUT2D eigenvalue weighted by Gasteiger charge is -2.32. The number of aromatic nitrogens is 1. The Kier molecular flexibility index (Phi) is 3.57. The predicted octanol–water partition coefficient (Wildman–Crippen LogP) is 2.48. The maximum atomic E-state index is 6.22. The SMILES string of the molecule is CC1(C)OB([C@@H](N)c2cccnc2Br)OC1(C)C. The highest BCUT2D eigenvalue weighted by Gasteiger charge is 2.53. The van der Waals surface area contributed by atoms with E-state index in [0.29, 0.717) is 0 Å². The second kappa shape index (κ2) is 4.60. The highest BCUT2D eigenvalue weighted by molar-refractivity contribution is 9.10. The molecule has 18 heavy (non-hydrogen) atoms. The molecular formula is C12H18BBrN2O2. The molecule has 0 unspecified atom stereocenters. The van der Waals surface area contributed by atoms with Crippen LogP contribution in [0.5, 0.6) is 0 Å². The van der Waals surface area contributed by atoms with Crippen LogP contribution in [0, 0.1) is 0 Å². The first kappa shape index (κ1) is 14.0. The van der Waals surface area contributed by atoms with Gasteiger partial charge < -0.3 is 15.0 Å². The van der Waals surface area contributed by atoms with Gasteiger partial charge in [-0.1, -0.05) is 6.07 Å². The molecule has 1 aromatic rings. The Morgan fingerprint density at radius 2 is 1.83 bits per heavy atom. The molecule has 2 N–H and O–H groups in total. The van der Waals surface area contributed by atoms with Gasteiger partial charge >= 0.3 is 7.12 Å². The van der Waals surface area contributed by atoms with Crippen molar-refractivity contribution in [1.29, 1.82) is 0 Å². The van der Waals surface area contributed by atoms with Gasteiger partial charge in [0.1, 0.15) is 4.60 Å². The molecule has 1 fully saturated rings. The van der Waals surface area contributed by atoms with Crippen molar-refractivity contribution < 1.29 is 9.31 Å². The summed E-state index contributed by atoms with van der Waals surface area (Å²) in [4.78, 5) is 4.17. The molecule has 1 atom stereocenters. The Morgan fingerprint density at radius 3 is 2.33 bits per heavy atom. The lowest BCUT2D eigenvalue weighted by Crippen LogP contribution is -2.41. The van der Waals surface area contributed by atoms with Crippen LogP contribution < -0.4 is 5.73 Å². The van der Waals surface area contributed by atoms with Gasteiger partial charge in [0.25, 0.3) is 0 Å². The number of hydrogen-bond acceptors (Lipinski definition) is 4. The first-order valence-corrected chi connectivity index (χ1v) is 6.75. The van der Waals surface area contributed by atoms with Crippen molar-refractivity contribution in [3.63, 3.8) is 0 Å². The first-order valence-electron chi connectivity index (χ1n) is 5.96. The first-order chi connectivity index (χ1) is 8.24. The van der Waals surface area contributed by atoms with Crippen molar-refractivity contribution in [1.82, 2.24) is 4.98 Å². The molecule has 1 aromatic heterocycles. The average Bonchev–Trinajstić information content (AvgIpc) is 2.48. The second-order valence-electron chi connectivity index (χ2n) is 5.53. The zero-order valence-electron chi connectivity index (χ0n) is 11.1. The second-order valence-corrected chi connectivity index (χ2v) is 6.29. The fourth-order valence-electron chi connectivity index (χ4n) is 1.83. The van der Waals surface area contributed by atoms with E-state index >= 15 is 0 Å². The molecule has 1 aliphatic heterocycles. The minimum absolute atomic E-state index is 0.367. The van der Waals surface area contributed by atoms with Crippen LogP contribution in [0.15, 0.2) is 22.9 Å². The largest absolute Gasteiger partial charge is 0.480 e. The smallest absolute Gasteiger partial charge is 0.402 e. The lowest BCUT2D eigenvalue weighted by atomic mass is 9.75. The highest BCUT2D eigenvalue weighted by Crippen LogP contribution is 2.40. The van der Waals surface area contributed by atoms with Gasteiger partial charge in [-0.15, -0.1) is 0 Å². The molecule has 0 amide bonds. The van der Waals surface area contributed by atoms with Gasteiger partial charge in [-0.05, 0) is 55.3 Å². The quantitative estimate of drug-likeness (QED) is 0.673. The topological polar surface area (TPSA) is 57.4 Å². The highest BCUT2D eigenvalue weighted by atomic mass is 79.9. The number of pyridine rings is 1. The van der Waals surface area contributed by atoms with Crippen LogP contribution in [0.25, 0.3) is 0 Å². The van der Waals surface area contributed by atoms with Crippen LogP contribution in [0.3, 0.4) is 0 Å². The summed E-state index contributed by atoms with van der Waals surface area (Å²) < 4.78 is 12.6. The van der Waals surface area contributed by atoms with Crippen molar-refractivity contribution >= 4 is 23.0 Å². The molecule has 98 valence electrons. The predicted molar refractivity (Wildman–Crippen MR) is 74.9 cm³/mol. The molecule has 1 saturated heterocycles. The molecule has 0 radical (unpaired) electrons. The Balaban J connectivity index is 2.23. The van der Waals surface area contributed by atoms with E-state index in [1.807, 2.05) is 39.8 Å². The third-order valence-electron chi connectivity index (χ3n) is 3.71. The van der Waals surface area contributed by atoms with E-state index in [2.05, 4.69) is 20.9 Å². The third-order valence-corrected chi connectivity index (χ3v) is 4.37. The summed E-state index contributed by atoms with van der Waals surface area (Å²) in [5.41, 5.74) is 6.37. The number of nitrogens with zero attached hydrogens (tertiary/aromatic N) is 1.